The molecule has 0 spiro atoms. The first-order valence-electron chi connectivity index (χ1n) is 9.00. The smallest absolute Gasteiger partial charge is 0.417 e. The van der Waals surface area contributed by atoms with Gasteiger partial charge in [0, 0.05) is 11.6 Å². The Bertz CT molecular complexity index is 1260. The van der Waals surface area contributed by atoms with Crippen LogP contribution in [0.5, 0.6) is 11.5 Å². The molecule has 1 aliphatic carbocycles. The van der Waals surface area contributed by atoms with Crippen molar-refractivity contribution in [3.8, 4) is 22.8 Å². The standard InChI is InChI=1S/C19H14F3N3O3S/c20-19(21,22)11-8-12(9-1-4-13-14(7-9)28-6-5-27-13)23-16-15(11)17(26)24-18(29)25(16)10-2-3-10/h1,4,7-8,10H,2-3,5-6H2,(H,24,26,29). The van der Waals surface area contributed by atoms with E-state index in [0.29, 0.717) is 30.3 Å². The predicted molar refractivity (Wildman–Crippen MR) is 101 cm³/mol. The van der Waals surface area contributed by atoms with E-state index in [9.17, 15) is 18.0 Å². The van der Waals surface area contributed by atoms with Gasteiger partial charge in [0.05, 0.1) is 16.6 Å². The van der Waals surface area contributed by atoms with Gasteiger partial charge in [0.1, 0.15) is 18.9 Å². The third-order valence-corrected chi connectivity index (χ3v) is 5.25. The van der Waals surface area contributed by atoms with Crippen LogP contribution in [0.2, 0.25) is 0 Å². The number of alkyl halides is 3. The van der Waals surface area contributed by atoms with Gasteiger partial charge in [0.15, 0.2) is 16.3 Å². The van der Waals surface area contributed by atoms with Gasteiger partial charge in [-0.2, -0.15) is 13.2 Å². The number of aromatic nitrogens is 3. The molecule has 10 heteroatoms. The molecule has 1 N–H and O–H groups in total. The molecule has 1 aromatic carbocycles. The summed E-state index contributed by atoms with van der Waals surface area (Å²) in [6.45, 7) is 0.760. The van der Waals surface area contributed by atoms with E-state index in [-0.39, 0.29) is 22.2 Å². The molecule has 0 bridgehead atoms. The second kappa shape index (κ2) is 6.31. The monoisotopic (exact) mass is 421 g/mol. The first kappa shape index (κ1) is 18.2. The first-order valence-corrected chi connectivity index (χ1v) is 9.40. The highest BCUT2D eigenvalue weighted by molar-refractivity contribution is 7.71. The average Bonchev–Trinajstić information content (AvgIpc) is 3.51. The van der Waals surface area contributed by atoms with Crippen molar-refractivity contribution in [1.29, 1.82) is 0 Å². The minimum Gasteiger partial charge on any atom is -0.486 e. The van der Waals surface area contributed by atoms with Gasteiger partial charge >= 0.3 is 6.18 Å². The van der Waals surface area contributed by atoms with Gasteiger partial charge in [-0.1, -0.05) is 0 Å². The number of benzene rings is 1. The van der Waals surface area contributed by atoms with Crippen molar-refractivity contribution in [1.82, 2.24) is 14.5 Å². The predicted octanol–water partition coefficient (Wildman–Crippen LogP) is 4.25. The zero-order valence-electron chi connectivity index (χ0n) is 14.9. The summed E-state index contributed by atoms with van der Waals surface area (Å²) in [6, 6.07) is 5.67. The molecule has 0 radical (unpaired) electrons. The first-order chi connectivity index (χ1) is 13.8. The van der Waals surface area contributed by atoms with E-state index in [4.69, 9.17) is 21.7 Å². The number of fused-ring (bicyclic) bond motifs is 2. The Morgan fingerprint density at radius 3 is 2.55 bits per heavy atom. The third-order valence-electron chi connectivity index (χ3n) is 4.95. The molecular weight excluding hydrogens is 407 g/mol. The number of nitrogens with one attached hydrogen (secondary N) is 1. The molecule has 3 heterocycles. The zero-order chi connectivity index (χ0) is 20.3. The molecule has 1 saturated carbocycles. The van der Waals surface area contributed by atoms with Crippen LogP contribution in [0.25, 0.3) is 22.3 Å². The average molecular weight is 421 g/mol. The van der Waals surface area contributed by atoms with E-state index in [1.807, 2.05) is 0 Å². The van der Waals surface area contributed by atoms with Gasteiger partial charge in [-0.05, 0) is 49.3 Å². The van der Waals surface area contributed by atoms with Crippen molar-refractivity contribution in [2.75, 3.05) is 13.2 Å². The van der Waals surface area contributed by atoms with Crippen LogP contribution < -0.4 is 15.0 Å². The molecular formula is C19H14F3N3O3S. The molecule has 3 aromatic rings. The quantitative estimate of drug-likeness (QED) is 0.627. The molecule has 0 saturated heterocycles. The van der Waals surface area contributed by atoms with Crippen LogP contribution in [-0.2, 0) is 6.18 Å². The number of ether oxygens (including phenoxy) is 2. The summed E-state index contributed by atoms with van der Waals surface area (Å²) in [6.07, 6.45) is -3.19. The van der Waals surface area contributed by atoms with Crippen LogP contribution in [-0.4, -0.2) is 27.7 Å². The zero-order valence-corrected chi connectivity index (χ0v) is 15.7. The van der Waals surface area contributed by atoms with Crippen molar-refractivity contribution in [2.45, 2.75) is 25.1 Å². The fourth-order valence-electron chi connectivity index (χ4n) is 3.49. The van der Waals surface area contributed by atoms with Crippen molar-refractivity contribution >= 4 is 23.3 Å². The highest BCUT2D eigenvalue weighted by Gasteiger charge is 2.37. The molecule has 1 aliphatic heterocycles. The topological polar surface area (TPSA) is 69.1 Å². The van der Waals surface area contributed by atoms with Crippen molar-refractivity contribution in [3.05, 3.63) is 45.0 Å². The SMILES string of the molecule is O=c1[nH]c(=S)n(C2CC2)c2nc(-c3ccc4c(c3)OCCO4)cc(C(F)(F)F)c12. The van der Waals surface area contributed by atoms with Crippen molar-refractivity contribution < 1.29 is 22.6 Å². The Labute approximate surface area is 166 Å². The number of nitrogens with zero attached hydrogens (tertiary/aromatic N) is 2. The number of rotatable bonds is 2. The molecule has 1 fully saturated rings. The second-order valence-corrected chi connectivity index (χ2v) is 7.36. The van der Waals surface area contributed by atoms with Gasteiger partial charge in [-0.15, -0.1) is 0 Å². The molecule has 6 nitrogen and oxygen atoms in total. The Hall–Kier alpha value is -2.88. The summed E-state index contributed by atoms with van der Waals surface area (Å²) in [5.41, 5.74) is -1.49. The number of hydrogen-bond acceptors (Lipinski definition) is 5. The maximum atomic E-state index is 13.9. The summed E-state index contributed by atoms with van der Waals surface area (Å²) < 4.78 is 54.1. The van der Waals surface area contributed by atoms with E-state index < -0.39 is 22.7 Å². The molecule has 0 atom stereocenters. The molecule has 29 heavy (non-hydrogen) atoms. The fraction of sp³-hybridized carbons (Fsp3) is 0.316. The lowest BCUT2D eigenvalue weighted by molar-refractivity contribution is -0.136. The Morgan fingerprint density at radius 1 is 1.14 bits per heavy atom. The van der Waals surface area contributed by atoms with Crippen LogP contribution in [0.4, 0.5) is 13.2 Å². The maximum absolute atomic E-state index is 13.9. The third kappa shape index (κ3) is 3.07. The summed E-state index contributed by atoms with van der Waals surface area (Å²) in [5.74, 6) is 0.961. The number of halogens is 3. The van der Waals surface area contributed by atoms with Gasteiger partial charge in [-0.3, -0.25) is 14.3 Å². The Balaban J connectivity index is 1.82. The van der Waals surface area contributed by atoms with Crippen LogP contribution >= 0.6 is 12.2 Å². The molecule has 0 unspecified atom stereocenters. The minimum absolute atomic E-state index is 0.0547. The van der Waals surface area contributed by atoms with Gasteiger partial charge < -0.3 is 9.47 Å². The largest absolute Gasteiger partial charge is 0.486 e. The van der Waals surface area contributed by atoms with E-state index in [1.54, 1.807) is 18.2 Å². The fourth-order valence-corrected chi connectivity index (χ4v) is 3.82. The van der Waals surface area contributed by atoms with Gasteiger partial charge in [0.2, 0.25) is 0 Å². The minimum atomic E-state index is -4.74. The van der Waals surface area contributed by atoms with Crippen LogP contribution in [0.3, 0.4) is 0 Å². The lowest BCUT2D eigenvalue weighted by atomic mass is 10.1. The van der Waals surface area contributed by atoms with E-state index in [2.05, 4.69) is 9.97 Å². The Morgan fingerprint density at radius 2 is 1.86 bits per heavy atom. The highest BCUT2D eigenvalue weighted by Crippen LogP contribution is 2.41. The molecule has 150 valence electrons. The van der Waals surface area contributed by atoms with Gasteiger partial charge in [-0.25, -0.2) is 4.98 Å². The maximum Gasteiger partial charge on any atom is 0.417 e. The van der Waals surface area contributed by atoms with E-state index >= 15 is 0 Å². The molecule has 0 amide bonds. The number of aromatic amines is 1. The number of H-pyrrole nitrogens is 1. The van der Waals surface area contributed by atoms with E-state index in [1.165, 1.54) is 4.57 Å². The summed E-state index contributed by atoms with van der Waals surface area (Å²) in [5, 5.41) is -0.501. The normalized spacial score (nSPS) is 16.2. The Kier molecular flexibility index (Phi) is 3.95. The van der Waals surface area contributed by atoms with Crippen molar-refractivity contribution in [2.24, 2.45) is 0 Å². The molecule has 2 aliphatic rings. The second-order valence-electron chi connectivity index (χ2n) is 6.97. The summed E-state index contributed by atoms with van der Waals surface area (Å²) in [4.78, 5) is 19.2. The summed E-state index contributed by atoms with van der Waals surface area (Å²) >= 11 is 5.21. The lowest BCUT2D eigenvalue weighted by Crippen LogP contribution is -2.20. The number of hydrogen-bond donors (Lipinski definition) is 1. The number of pyridine rings is 1. The van der Waals surface area contributed by atoms with E-state index in [0.717, 1.165) is 18.9 Å². The molecule has 2 aromatic heterocycles. The highest BCUT2D eigenvalue weighted by atomic mass is 32.1. The van der Waals surface area contributed by atoms with Crippen molar-refractivity contribution in [3.63, 3.8) is 0 Å². The van der Waals surface area contributed by atoms with Crippen LogP contribution in [0.1, 0.15) is 24.4 Å². The van der Waals surface area contributed by atoms with Gasteiger partial charge in [0.25, 0.3) is 5.56 Å². The molecule has 5 rings (SSSR count). The van der Waals surface area contributed by atoms with Crippen LogP contribution in [0.15, 0.2) is 29.1 Å². The van der Waals surface area contributed by atoms with Crippen LogP contribution in [0, 0.1) is 4.77 Å². The summed E-state index contributed by atoms with van der Waals surface area (Å²) in [7, 11) is 0. The lowest BCUT2D eigenvalue weighted by Gasteiger charge is -2.19.